The number of non-ortho nitro benzene ring substituents is 1. The van der Waals surface area contributed by atoms with Crippen LogP contribution in [-0.2, 0) is 19.6 Å². The molecule has 0 unspecified atom stereocenters. The Bertz CT molecular complexity index is 733. The fourth-order valence-electron chi connectivity index (χ4n) is 1.38. The highest BCUT2D eigenvalue weighted by atomic mass is 32.2. The third kappa shape index (κ3) is 3.94. The largest absolute Gasteiger partial charge is 0.459 e. The number of nitro benzene ring substituents is 1. The Morgan fingerprint density at radius 1 is 1.43 bits per heavy atom. The SMILES string of the molecule is CC(C)OC(=O)c1ccc([N+](=O)[O-])cc1S(=O)(=O)N=C=O. The number of hydrogen-bond donors (Lipinski definition) is 0. The third-order valence-corrected chi connectivity index (χ3v) is 3.38. The van der Waals surface area contributed by atoms with Crippen LogP contribution in [0.5, 0.6) is 0 Å². The number of carbonyl (C=O) groups is 1. The molecule has 0 saturated heterocycles. The quantitative estimate of drug-likeness (QED) is 0.262. The Kier molecular flexibility index (Phi) is 4.90. The Morgan fingerprint density at radius 3 is 2.52 bits per heavy atom. The van der Waals surface area contributed by atoms with E-state index in [1.807, 2.05) is 0 Å². The summed E-state index contributed by atoms with van der Waals surface area (Å²) in [6, 6.07) is 2.50. The minimum atomic E-state index is -4.58. The van der Waals surface area contributed by atoms with Crippen molar-refractivity contribution in [2.24, 2.45) is 4.40 Å². The summed E-state index contributed by atoms with van der Waals surface area (Å²) >= 11 is 0. The Hall–Kier alpha value is -2.58. The summed E-state index contributed by atoms with van der Waals surface area (Å²) in [7, 11) is -4.58. The minimum absolute atomic E-state index is 0.451. The number of benzene rings is 1. The molecule has 0 radical (unpaired) electrons. The average molecular weight is 314 g/mol. The molecule has 1 aromatic rings. The molecule has 10 heteroatoms. The van der Waals surface area contributed by atoms with Crippen LogP contribution >= 0.6 is 0 Å². The average Bonchev–Trinajstić information content (AvgIpc) is 2.37. The number of nitro groups is 1. The van der Waals surface area contributed by atoms with Gasteiger partial charge in [0, 0.05) is 12.1 Å². The molecule has 1 rings (SSSR count). The van der Waals surface area contributed by atoms with Gasteiger partial charge in [-0.3, -0.25) is 10.1 Å². The number of carbonyl (C=O) groups excluding carboxylic acids is 2. The summed E-state index contributed by atoms with van der Waals surface area (Å²) in [6.07, 6.45) is 0.297. The second kappa shape index (κ2) is 6.25. The van der Waals surface area contributed by atoms with Crippen LogP contribution in [0.25, 0.3) is 0 Å². The Labute approximate surface area is 119 Å². The molecule has 112 valence electrons. The molecular formula is C11H10N2O7S. The molecule has 0 aliphatic rings. The lowest BCUT2D eigenvalue weighted by Crippen LogP contribution is -2.15. The molecule has 0 spiro atoms. The van der Waals surface area contributed by atoms with Crippen molar-refractivity contribution in [1.29, 1.82) is 0 Å². The van der Waals surface area contributed by atoms with Gasteiger partial charge in [0.15, 0.2) is 0 Å². The normalized spacial score (nSPS) is 10.8. The van der Waals surface area contributed by atoms with E-state index >= 15 is 0 Å². The Morgan fingerprint density at radius 2 is 2.05 bits per heavy atom. The van der Waals surface area contributed by atoms with Gasteiger partial charge >= 0.3 is 5.97 Å². The van der Waals surface area contributed by atoms with Crippen molar-refractivity contribution in [1.82, 2.24) is 0 Å². The highest BCUT2D eigenvalue weighted by Gasteiger charge is 2.26. The minimum Gasteiger partial charge on any atom is -0.459 e. The predicted molar refractivity (Wildman–Crippen MR) is 69.0 cm³/mol. The zero-order chi connectivity index (χ0) is 16.2. The van der Waals surface area contributed by atoms with Gasteiger partial charge in [-0.25, -0.2) is 9.59 Å². The van der Waals surface area contributed by atoms with Crippen LogP contribution in [0.2, 0.25) is 0 Å². The zero-order valence-corrected chi connectivity index (χ0v) is 11.8. The van der Waals surface area contributed by atoms with E-state index in [-0.39, 0.29) is 0 Å². The van der Waals surface area contributed by atoms with Crippen molar-refractivity contribution >= 4 is 27.8 Å². The first-order chi connectivity index (χ1) is 9.69. The molecule has 1 aromatic carbocycles. The van der Waals surface area contributed by atoms with E-state index in [1.54, 1.807) is 13.8 Å². The number of esters is 1. The molecule has 0 aliphatic carbocycles. The highest BCUT2D eigenvalue weighted by molar-refractivity contribution is 7.90. The highest BCUT2D eigenvalue weighted by Crippen LogP contribution is 2.24. The smallest absolute Gasteiger partial charge is 0.339 e. The fourth-order valence-corrected chi connectivity index (χ4v) is 2.28. The number of sulfonamides is 1. The van der Waals surface area contributed by atoms with Crippen molar-refractivity contribution in [3.8, 4) is 0 Å². The maximum Gasteiger partial charge on any atom is 0.339 e. The summed E-state index contributed by atoms with van der Waals surface area (Å²) in [5, 5.41) is 10.7. The maximum atomic E-state index is 11.8. The van der Waals surface area contributed by atoms with E-state index in [9.17, 15) is 28.1 Å². The van der Waals surface area contributed by atoms with Crippen molar-refractivity contribution in [3.63, 3.8) is 0 Å². The van der Waals surface area contributed by atoms with Gasteiger partial charge < -0.3 is 4.74 Å². The van der Waals surface area contributed by atoms with Crippen LogP contribution in [0.3, 0.4) is 0 Å². The first-order valence-electron chi connectivity index (χ1n) is 5.52. The maximum absolute atomic E-state index is 11.8. The van der Waals surface area contributed by atoms with Gasteiger partial charge in [0.05, 0.1) is 16.6 Å². The van der Waals surface area contributed by atoms with Gasteiger partial charge in [-0.05, 0) is 19.9 Å². The van der Waals surface area contributed by atoms with E-state index in [0.29, 0.717) is 6.07 Å². The van der Waals surface area contributed by atoms with E-state index < -0.39 is 43.2 Å². The second-order valence-electron chi connectivity index (χ2n) is 4.05. The first-order valence-corrected chi connectivity index (χ1v) is 6.96. The summed E-state index contributed by atoms with van der Waals surface area (Å²) in [4.78, 5) is 31.0. The molecule has 0 amide bonds. The van der Waals surface area contributed by atoms with Gasteiger partial charge in [0.2, 0.25) is 0 Å². The van der Waals surface area contributed by atoms with Crippen molar-refractivity contribution in [3.05, 3.63) is 33.9 Å². The summed E-state index contributed by atoms with van der Waals surface area (Å²) < 4.78 is 30.9. The van der Waals surface area contributed by atoms with E-state index in [0.717, 1.165) is 18.2 Å². The lowest BCUT2D eigenvalue weighted by molar-refractivity contribution is -0.385. The van der Waals surface area contributed by atoms with Crippen molar-refractivity contribution in [2.75, 3.05) is 0 Å². The monoisotopic (exact) mass is 314 g/mol. The van der Waals surface area contributed by atoms with Crippen LogP contribution in [0, 0.1) is 10.1 Å². The van der Waals surface area contributed by atoms with Gasteiger partial charge in [-0.1, -0.05) is 4.40 Å². The van der Waals surface area contributed by atoms with Gasteiger partial charge in [-0.15, -0.1) is 0 Å². The molecule has 0 bridgehead atoms. The molecule has 0 fully saturated rings. The number of isocyanates is 1. The third-order valence-electron chi connectivity index (χ3n) is 2.17. The fraction of sp³-hybridized carbons (Fsp3) is 0.273. The van der Waals surface area contributed by atoms with Crippen molar-refractivity contribution in [2.45, 2.75) is 24.8 Å². The molecule has 0 aliphatic heterocycles. The Balaban J connectivity index is 3.55. The lowest BCUT2D eigenvalue weighted by atomic mass is 10.2. The van der Waals surface area contributed by atoms with Crippen LogP contribution < -0.4 is 0 Å². The molecule has 0 heterocycles. The van der Waals surface area contributed by atoms with Crippen molar-refractivity contribution < 1.29 is 27.7 Å². The zero-order valence-electron chi connectivity index (χ0n) is 11.0. The van der Waals surface area contributed by atoms with Crippen LogP contribution in [0.1, 0.15) is 24.2 Å². The number of hydrogen-bond acceptors (Lipinski definition) is 7. The van der Waals surface area contributed by atoms with Gasteiger partial charge in [0.25, 0.3) is 21.8 Å². The molecule has 0 atom stereocenters. The van der Waals surface area contributed by atoms with E-state index in [2.05, 4.69) is 4.40 Å². The molecule has 0 aromatic heterocycles. The lowest BCUT2D eigenvalue weighted by Gasteiger charge is -2.10. The van der Waals surface area contributed by atoms with Gasteiger partial charge in [0.1, 0.15) is 4.90 Å². The predicted octanol–water partition coefficient (Wildman–Crippen LogP) is 1.18. The van der Waals surface area contributed by atoms with E-state index in [4.69, 9.17) is 4.74 Å². The van der Waals surface area contributed by atoms with E-state index in [1.165, 1.54) is 0 Å². The standard InChI is InChI=1S/C11H10N2O7S/c1-7(2)20-11(15)9-4-3-8(13(16)17)5-10(9)21(18,19)12-6-14/h3-5,7H,1-2H3. The van der Waals surface area contributed by atoms with Crippen LogP contribution in [0.4, 0.5) is 5.69 Å². The molecule has 21 heavy (non-hydrogen) atoms. The molecule has 9 nitrogen and oxygen atoms in total. The topological polar surface area (TPSA) is 133 Å². The first kappa shape index (κ1) is 16.5. The summed E-state index contributed by atoms with van der Waals surface area (Å²) in [5.41, 5.74) is -1.02. The molecule has 0 N–H and O–H groups in total. The summed E-state index contributed by atoms with van der Waals surface area (Å²) in [5.74, 6) is -1.00. The molecular weight excluding hydrogens is 304 g/mol. The van der Waals surface area contributed by atoms with Gasteiger partial charge in [-0.2, -0.15) is 8.42 Å². The second-order valence-corrected chi connectivity index (χ2v) is 5.62. The number of nitrogens with zero attached hydrogens (tertiary/aromatic N) is 2. The molecule has 0 saturated carbocycles. The number of rotatable bonds is 5. The van der Waals surface area contributed by atoms with Crippen LogP contribution in [0.15, 0.2) is 27.5 Å². The van der Waals surface area contributed by atoms with Crippen LogP contribution in [-0.4, -0.2) is 31.5 Å². The number of ether oxygens (including phenoxy) is 1. The summed E-state index contributed by atoms with van der Waals surface area (Å²) in [6.45, 7) is 3.09.